The first-order valence-electron chi connectivity index (χ1n) is 7.80. The van der Waals surface area contributed by atoms with Crippen LogP contribution in [0.15, 0.2) is 48.6 Å². The second-order valence-electron chi connectivity index (χ2n) is 6.26. The number of rotatable bonds is 2. The largest absolute Gasteiger partial charge is 0.478 e. The molecule has 1 heterocycles. The Morgan fingerprint density at radius 2 is 2.04 bits per heavy atom. The zero-order valence-electron chi connectivity index (χ0n) is 12.7. The van der Waals surface area contributed by atoms with Crippen molar-refractivity contribution < 1.29 is 9.90 Å². The van der Waals surface area contributed by atoms with Gasteiger partial charge in [-0.3, -0.25) is 0 Å². The van der Waals surface area contributed by atoms with Gasteiger partial charge in [-0.25, -0.2) is 4.79 Å². The van der Waals surface area contributed by atoms with E-state index in [0.29, 0.717) is 16.0 Å². The molecular weight excluding hydrogens is 345 g/mol. The van der Waals surface area contributed by atoms with Gasteiger partial charge in [-0.1, -0.05) is 47.5 Å². The second kappa shape index (κ2) is 5.83. The van der Waals surface area contributed by atoms with E-state index in [2.05, 4.69) is 23.5 Å². The van der Waals surface area contributed by atoms with Crippen molar-refractivity contribution in [2.75, 3.05) is 5.32 Å². The van der Waals surface area contributed by atoms with Gasteiger partial charge < -0.3 is 10.4 Å². The first-order valence-corrected chi connectivity index (χ1v) is 8.55. The van der Waals surface area contributed by atoms with Gasteiger partial charge in [-0.15, -0.1) is 0 Å². The van der Waals surface area contributed by atoms with E-state index in [1.165, 1.54) is 6.07 Å². The predicted molar refractivity (Wildman–Crippen MR) is 96.2 cm³/mol. The molecule has 0 saturated carbocycles. The van der Waals surface area contributed by atoms with Crippen LogP contribution in [-0.2, 0) is 0 Å². The second-order valence-corrected chi connectivity index (χ2v) is 7.10. The minimum absolute atomic E-state index is 0.0874. The summed E-state index contributed by atoms with van der Waals surface area (Å²) in [5.74, 6) is -0.492. The SMILES string of the molecule is O=C(O)c1cc(Cl)c2c(c1)C1C=CCC1[C@H](c1cccc(Cl)c1)N2. The van der Waals surface area contributed by atoms with E-state index in [0.717, 1.165) is 23.2 Å². The van der Waals surface area contributed by atoms with Gasteiger partial charge >= 0.3 is 5.97 Å². The van der Waals surface area contributed by atoms with Crippen molar-refractivity contribution in [1.82, 2.24) is 0 Å². The Balaban J connectivity index is 1.83. The van der Waals surface area contributed by atoms with Crippen molar-refractivity contribution in [2.24, 2.45) is 5.92 Å². The van der Waals surface area contributed by atoms with Gasteiger partial charge in [0.15, 0.2) is 0 Å². The van der Waals surface area contributed by atoms with Crippen molar-refractivity contribution in [3.63, 3.8) is 0 Å². The van der Waals surface area contributed by atoms with Crippen LogP contribution in [0, 0.1) is 5.92 Å². The third kappa shape index (κ3) is 2.48. The Kier molecular flexibility index (Phi) is 3.78. The van der Waals surface area contributed by atoms with Crippen molar-refractivity contribution in [2.45, 2.75) is 18.4 Å². The number of benzene rings is 2. The van der Waals surface area contributed by atoms with Crippen LogP contribution >= 0.6 is 23.2 Å². The number of hydrogen-bond acceptors (Lipinski definition) is 2. The van der Waals surface area contributed by atoms with Gasteiger partial charge in [0.25, 0.3) is 0 Å². The molecule has 24 heavy (non-hydrogen) atoms. The fourth-order valence-corrected chi connectivity index (χ4v) is 4.29. The Morgan fingerprint density at radius 1 is 1.21 bits per heavy atom. The van der Waals surface area contributed by atoms with Crippen LogP contribution in [0.25, 0.3) is 0 Å². The molecule has 2 N–H and O–H groups in total. The van der Waals surface area contributed by atoms with E-state index in [1.807, 2.05) is 18.2 Å². The maximum atomic E-state index is 11.3. The molecule has 2 unspecified atom stereocenters. The number of carboxylic acid groups (broad SMARTS) is 1. The summed E-state index contributed by atoms with van der Waals surface area (Å²) in [5, 5.41) is 14.0. The number of fused-ring (bicyclic) bond motifs is 3. The minimum atomic E-state index is -0.963. The van der Waals surface area contributed by atoms with Crippen LogP contribution < -0.4 is 5.32 Å². The Hall–Kier alpha value is -1.97. The highest BCUT2D eigenvalue weighted by Crippen LogP contribution is 2.51. The molecule has 2 aliphatic rings. The van der Waals surface area contributed by atoms with Crippen LogP contribution in [0.1, 0.15) is 39.9 Å². The van der Waals surface area contributed by atoms with Crippen LogP contribution in [0.3, 0.4) is 0 Å². The molecule has 2 aromatic rings. The molecule has 122 valence electrons. The number of carbonyl (C=O) groups is 1. The number of halogens is 2. The third-order valence-electron chi connectivity index (χ3n) is 4.88. The highest BCUT2D eigenvalue weighted by Gasteiger charge is 2.39. The lowest BCUT2D eigenvalue weighted by atomic mass is 9.76. The molecule has 0 amide bonds. The molecule has 3 nitrogen and oxygen atoms in total. The highest BCUT2D eigenvalue weighted by molar-refractivity contribution is 6.34. The molecule has 0 spiro atoms. The molecule has 0 radical (unpaired) electrons. The predicted octanol–water partition coefficient (Wildman–Crippen LogP) is 5.52. The maximum absolute atomic E-state index is 11.3. The summed E-state index contributed by atoms with van der Waals surface area (Å²) in [7, 11) is 0. The van der Waals surface area contributed by atoms with Crippen LogP contribution in [-0.4, -0.2) is 11.1 Å². The van der Waals surface area contributed by atoms with Gasteiger partial charge in [0.2, 0.25) is 0 Å². The summed E-state index contributed by atoms with van der Waals surface area (Å²) < 4.78 is 0. The van der Waals surface area contributed by atoms with Crippen LogP contribution in [0.2, 0.25) is 10.0 Å². The minimum Gasteiger partial charge on any atom is -0.478 e. The number of hydrogen-bond donors (Lipinski definition) is 2. The Morgan fingerprint density at radius 3 is 2.79 bits per heavy atom. The van der Waals surface area contributed by atoms with Crippen molar-refractivity contribution in [3.05, 3.63) is 75.3 Å². The van der Waals surface area contributed by atoms with E-state index in [4.69, 9.17) is 23.2 Å². The lowest BCUT2D eigenvalue weighted by Gasteiger charge is -2.38. The van der Waals surface area contributed by atoms with E-state index >= 15 is 0 Å². The van der Waals surface area contributed by atoms with E-state index in [-0.39, 0.29) is 17.5 Å². The first-order chi connectivity index (χ1) is 11.5. The number of aromatic carboxylic acids is 1. The van der Waals surface area contributed by atoms with Gasteiger partial charge in [-0.2, -0.15) is 0 Å². The van der Waals surface area contributed by atoms with Gasteiger partial charge in [0.1, 0.15) is 0 Å². The molecule has 0 aromatic heterocycles. The molecule has 1 aliphatic carbocycles. The summed E-state index contributed by atoms with van der Waals surface area (Å²) in [4.78, 5) is 11.3. The molecule has 0 bridgehead atoms. The molecule has 0 saturated heterocycles. The van der Waals surface area contributed by atoms with Gasteiger partial charge in [0.05, 0.1) is 22.3 Å². The molecule has 5 heteroatoms. The molecular formula is C19H15Cl2NO2. The van der Waals surface area contributed by atoms with E-state index in [1.54, 1.807) is 6.07 Å². The molecule has 0 fully saturated rings. The zero-order chi connectivity index (χ0) is 16.8. The normalized spacial score (nSPS) is 24.2. The van der Waals surface area contributed by atoms with E-state index in [9.17, 15) is 9.90 Å². The van der Waals surface area contributed by atoms with Crippen molar-refractivity contribution in [1.29, 1.82) is 0 Å². The van der Waals surface area contributed by atoms with E-state index < -0.39 is 5.97 Å². The summed E-state index contributed by atoms with van der Waals surface area (Å²) in [5.41, 5.74) is 3.11. The number of carboxylic acids is 1. The van der Waals surface area contributed by atoms with Crippen LogP contribution in [0.5, 0.6) is 0 Å². The summed E-state index contributed by atoms with van der Waals surface area (Å²) in [6.45, 7) is 0. The zero-order valence-corrected chi connectivity index (χ0v) is 14.2. The van der Waals surface area contributed by atoms with Crippen molar-refractivity contribution in [3.8, 4) is 0 Å². The fraction of sp³-hybridized carbons (Fsp3) is 0.211. The van der Waals surface area contributed by atoms with Crippen molar-refractivity contribution >= 4 is 34.9 Å². The quantitative estimate of drug-likeness (QED) is 0.694. The molecule has 1 aliphatic heterocycles. The molecule has 4 rings (SSSR count). The average molecular weight is 360 g/mol. The Bertz CT molecular complexity index is 862. The standard InChI is InChI=1S/C19H15Cl2NO2/c20-12-4-1-3-10(7-12)17-14-6-2-5-13(14)15-8-11(19(23)24)9-16(21)18(15)22-17/h1-5,7-9,13-14,17,22H,6H2,(H,23,24)/t13?,14?,17-/m0/s1. The topological polar surface area (TPSA) is 49.3 Å². The maximum Gasteiger partial charge on any atom is 0.335 e. The van der Waals surface area contributed by atoms with Crippen LogP contribution in [0.4, 0.5) is 5.69 Å². The monoisotopic (exact) mass is 359 g/mol. The smallest absolute Gasteiger partial charge is 0.335 e. The highest BCUT2D eigenvalue weighted by atomic mass is 35.5. The molecule has 2 aromatic carbocycles. The summed E-state index contributed by atoms with van der Waals surface area (Å²) >= 11 is 12.5. The first kappa shape index (κ1) is 15.6. The van der Waals surface area contributed by atoms with Gasteiger partial charge in [0, 0.05) is 10.9 Å². The summed E-state index contributed by atoms with van der Waals surface area (Å²) in [6, 6.07) is 11.2. The molecule has 3 atom stereocenters. The third-order valence-corrected chi connectivity index (χ3v) is 5.41. The fourth-order valence-electron chi connectivity index (χ4n) is 3.81. The number of nitrogens with one attached hydrogen (secondary N) is 1. The number of allylic oxidation sites excluding steroid dienone is 2. The Labute approximate surface area is 149 Å². The number of anilines is 1. The van der Waals surface area contributed by atoms with Gasteiger partial charge in [-0.05, 0) is 47.7 Å². The lowest BCUT2D eigenvalue weighted by Crippen LogP contribution is -2.29. The summed E-state index contributed by atoms with van der Waals surface area (Å²) in [6.07, 6.45) is 5.25. The average Bonchev–Trinajstić information content (AvgIpc) is 3.04. The lowest BCUT2D eigenvalue weighted by molar-refractivity contribution is 0.0696.